The van der Waals surface area contributed by atoms with Gasteiger partial charge in [0.25, 0.3) is 0 Å². The minimum Gasteiger partial charge on any atom is -0.385 e. The van der Waals surface area contributed by atoms with E-state index in [1.807, 2.05) is 77.1 Å². The summed E-state index contributed by atoms with van der Waals surface area (Å²) >= 11 is 0. The van der Waals surface area contributed by atoms with E-state index in [1.54, 1.807) is 12.6 Å². The highest BCUT2D eigenvalue weighted by Crippen LogP contribution is 2.23. The van der Waals surface area contributed by atoms with Gasteiger partial charge in [0.15, 0.2) is 0 Å². The van der Waals surface area contributed by atoms with Gasteiger partial charge in [-0.1, -0.05) is 63.2 Å². The number of likely N-dealkylation sites (N-methyl/N-ethyl adjacent to an activating group) is 1. The lowest BCUT2D eigenvalue weighted by Gasteiger charge is -2.31. The number of rotatable bonds is 9. The van der Waals surface area contributed by atoms with Gasteiger partial charge in [0.2, 0.25) is 17.7 Å². The Kier molecular flexibility index (Phi) is 12.2. The van der Waals surface area contributed by atoms with Crippen molar-refractivity contribution < 1.29 is 24.3 Å². The molecular weight excluding hydrogens is 434 g/mol. The average Bonchev–Trinajstić information content (AvgIpc) is 2.81. The SMILES string of the molecule is CCNC(=O)C(NC(=O)C(CC(=O)NO)Cc1ccc2ccccc2c1)C(C)(C)C.CCOC. The Balaban J connectivity index is 0.00000133. The van der Waals surface area contributed by atoms with Crippen LogP contribution in [0, 0.1) is 11.3 Å². The van der Waals surface area contributed by atoms with Crippen LogP contribution in [-0.4, -0.2) is 49.2 Å². The summed E-state index contributed by atoms with van der Waals surface area (Å²) in [6.45, 7) is 10.6. The number of ether oxygens (including phenoxy) is 1. The van der Waals surface area contributed by atoms with E-state index in [0.717, 1.165) is 22.9 Å². The van der Waals surface area contributed by atoms with Crippen molar-refractivity contribution in [2.75, 3.05) is 20.3 Å². The molecule has 2 aromatic carbocycles. The topological polar surface area (TPSA) is 117 Å². The van der Waals surface area contributed by atoms with E-state index in [1.165, 1.54) is 0 Å². The molecule has 0 aliphatic carbocycles. The number of nitrogens with one attached hydrogen (secondary N) is 3. The third-order valence-corrected chi connectivity index (χ3v) is 5.28. The van der Waals surface area contributed by atoms with Gasteiger partial charge in [-0.05, 0) is 42.0 Å². The Morgan fingerprint density at radius 3 is 2.15 bits per heavy atom. The summed E-state index contributed by atoms with van der Waals surface area (Å²) in [7, 11) is 1.68. The van der Waals surface area contributed by atoms with Crippen LogP contribution in [0.1, 0.15) is 46.6 Å². The monoisotopic (exact) mass is 473 g/mol. The van der Waals surface area contributed by atoms with Crippen molar-refractivity contribution in [3.63, 3.8) is 0 Å². The molecule has 2 atom stereocenters. The summed E-state index contributed by atoms with van der Waals surface area (Å²) in [6, 6.07) is 13.0. The van der Waals surface area contributed by atoms with E-state index in [-0.39, 0.29) is 12.3 Å². The number of amides is 3. The fourth-order valence-electron chi connectivity index (χ4n) is 3.39. The van der Waals surface area contributed by atoms with Gasteiger partial charge < -0.3 is 15.4 Å². The van der Waals surface area contributed by atoms with Crippen LogP contribution >= 0.6 is 0 Å². The Morgan fingerprint density at radius 2 is 1.62 bits per heavy atom. The van der Waals surface area contributed by atoms with Crippen LogP contribution in [0.4, 0.5) is 0 Å². The van der Waals surface area contributed by atoms with Gasteiger partial charge in [-0.25, -0.2) is 5.48 Å². The highest BCUT2D eigenvalue weighted by molar-refractivity contribution is 5.91. The molecule has 2 aromatic rings. The maximum absolute atomic E-state index is 13.1. The molecule has 0 spiro atoms. The Hall–Kier alpha value is -2.97. The second kappa shape index (κ2) is 14.3. The van der Waals surface area contributed by atoms with Gasteiger partial charge in [0.05, 0.1) is 5.92 Å². The van der Waals surface area contributed by atoms with Crippen LogP contribution in [0.2, 0.25) is 0 Å². The molecule has 2 unspecified atom stereocenters. The lowest BCUT2D eigenvalue weighted by molar-refractivity contribution is -0.137. The summed E-state index contributed by atoms with van der Waals surface area (Å²) < 4.78 is 4.54. The average molecular weight is 474 g/mol. The number of methoxy groups -OCH3 is 1. The second-order valence-corrected chi connectivity index (χ2v) is 9.10. The van der Waals surface area contributed by atoms with Crippen LogP contribution in [0.3, 0.4) is 0 Å². The van der Waals surface area contributed by atoms with Crippen molar-refractivity contribution in [3.05, 3.63) is 48.0 Å². The van der Waals surface area contributed by atoms with Crippen molar-refractivity contribution in [2.24, 2.45) is 11.3 Å². The lowest BCUT2D eigenvalue weighted by atomic mass is 9.85. The van der Waals surface area contributed by atoms with Crippen molar-refractivity contribution in [2.45, 2.75) is 53.5 Å². The van der Waals surface area contributed by atoms with Crippen molar-refractivity contribution in [1.82, 2.24) is 16.1 Å². The molecule has 3 amide bonds. The summed E-state index contributed by atoms with van der Waals surface area (Å²) in [5.41, 5.74) is 1.98. The van der Waals surface area contributed by atoms with Crippen LogP contribution in [0.25, 0.3) is 10.8 Å². The highest BCUT2D eigenvalue weighted by Gasteiger charge is 2.34. The van der Waals surface area contributed by atoms with E-state index in [4.69, 9.17) is 5.21 Å². The smallest absolute Gasteiger partial charge is 0.244 e. The van der Waals surface area contributed by atoms with E-state index in [2.05, 4.69) is 15.4 Å². The zero-order valence-corrected chi connectivity index (χ0v) is 21.1. The van der Waals surface area contributed by atoms with Gasteiger partial charge in [0, 0.05) is 26.7 Å². The molecule has 0 radical (unpaired) electrons. The molecule has 0 aliphatic rings. The Bertz CT molecular complexity index is 937. The zero-order valence-electron chi connectivity index (χ0n) is 21.1. The predicted octanol–water partition coefficient (Wildman–Crippen LogP) is 3.21. The summed E-state index contributed by atoms with van der Waals surface area (Å²) in [6.07, 6.45) is 0.109. The molecule has 0 saturated carbocycles. The van der Waals surface area contributed by atoms with Crippen LogP contribution in [-0.2, 0) is 25.5 Å². The summed E-state index contributed by atoms with van der Waals surface area (Å²) in [5.74, 6) is -2.06. The highest BCUT2D eigenvalue weighted by atomic mass is 16.5. The lowest BCUT2D eigenvalue weighted by Crippen LogP contribution is -2.55. The molecule has 2 rings (SSSR count). The molecule has 0 aliphatic heterocycles. The molecule has 0 fully saturated rings. The first-order valence-corrected chi connectivity index (χ1v) is 11.5. The predicted molar refractivity (Wildman–Crippen MR) is 133 cm³/mol. The third kappa shape index (κ3) is 9.49. The van der Waals surface area contributed by atoms with Gasteiger partial charge in [-0.2, -0.15) is 0 Å². The molecule has 188 valence electrons. The number of fused-ring (bicyclic) bond motifs is 1. The fraction of sp³-hybridized carbons (Fsp3) is 0.500. The van der Waals surface area contributed by atoms with Gasteiger partial charge in [-0.15, -0.1) is 0 Å². The number of hydrogen-bond donors (Lipinski definition) is 4. The maximum atomic E-state index is 13.1. The largest absolute Gasteiger partial charge is 0.385 e. The van der Waals surface area contributed by atoms with Crippen molar-refractivity contribution >= 4 is 28.5 Å². The Labute approximate surface area is 202 Å². The van der Waals surface area contributed by atoms with Crippen LogP contribution in [0.5, 0.6) is 0 Å². The fourth-order valence-corrected chi connectivity index (χ4v) is 3.39. The first-order valence-electron chi connectivity index (χ1n) is 11.5. The molecule has 8 nitrogen and oxygen atoms in total. The van der Waals surface area contributed by atoms with Crippen LogP contribution < -0.4 is 16.1 Å². The third-order valence-electron chi connectivity index (χ3n) is 5.28. The maximum Gasteiger partial charge on any atom is 0.244 e. The number of carbonyl (C=O) groups is 3. The normalized spacial score (nSPS) is 12.7. The quantitative estimate of drug-likeness (QED) is 0.330. The number of hydrogen-bond acceptors (Lipinski definition) is 5. The van der Waals surface area contributed by atoms with Crippen molar-refractivity contribution in [1.29, 1.82) is 0 Å². The molecule has 0 saturated heterocycles. The van der Waals surface area contributed by atoms with Crippen LogP contribution in [0.15, 0.2) is 42.5 Å². The summed E-state index contributed by atoms with van der Waals surface area (Å²) in [5, 5.41) is 16.6. The molecule has 0 bridgehead atoms. The number of benzene rings is 2. The van der Waals surface area contributed by atoms with E-state index >= 15 is 0 Å². The number of carbonyl (C=O) groups excluding carboxylic acids is 3. The van der Waals surface area contributed by atoms with Gasteiger partial charge in [0.1, 0.15) is 6.04 Å². The van der Waals surface area contributed by atoms with E-state index in [0.29, 0.717) is 13.0 Å². The molecule has 4 N–H and O–H groups in total. The second-order valence-electron chi connectivity index (χ2n) is 9.10. The minimum absolute atomic E-state index is 0.193. The van der Waals surface area contributed by atoms with E-state index < -0.39 is 29.2 Å². The molecule has 0 aromatic heterocycles. The van der Waals surface area contributed by atoms with Gasteiger partial charge >= 0.3 is 0 Å². The molecular formula is C26H39N3O5. The van der Waals surface area contributed by atoms with Crippen molar-refractivity contribution in [3.8, 4) is 0 Å². The molecule has 8 heteroatoms. The van der Waals surface area contributed by atoms with E-state index in [9.17, 15) is 14.4 Å². The first-order chi connectivity index (χ1) is 16.1. The zero-order chi connectivity index (χ0) is 25.7. The molecule has 34 heavy (non-hydrogen) atoms. The van der Waals surface area contributed by atoms with Gasteiger partial charge in [-0.3, -0.25) is 19.6 Å². The molecule has 0 heterocycles. The Morgan fingerprint density at radius 1 is 1.00 bits per heavy atom. The minimum atomic E-state index is -0.749. The summed E-state index contributed by atoms with van der Waals surface area (Å²) in [4.78, 5) is 37.4. The first kappa shape index (κ1) is 29.1. The number of hydroxylamine groups is 1. The standard InChI is InChI=1S/C23H31N3O4.C3H8O/c1-5-24-22(29)20(23(2,3)4)25-21(28)18(14-19(27)26-30)13-15-10-11-16-8-6-7-9-17(16)12-15;1-3-4-2/h6-12,18,20,30H,5,13-14H2,1-4H3,(H,24,29)(H,25,28)(H,26,27);3H2,1-2H3.